The first kappa shape index (κ1) is 23.5. The number of carbonyl (C=O) groups is 2. The van der Waals surface area contributed by atoms with Crippen LogP contribution in [0.15, 0.2) is 107 Å². The molecule has 7 heteroatoms. The van der Waals surface area contributed by atoms with Gasteiger partial charge < -0.3 is 10.2 Å². The Morgan fingerprint density at radius 2 is 1.78 bits per heavy atom. The molecule has 0 radical (unpaired) electrons. The highest BCUT2D eigenvalue weighted by atomic mass is 32.2. The van der Waals surface area contributed by atoms with Crippen LogP contribution in [0.25, 0.3) is 6.08 Å². The lowest BCUT2D eigenvalue weighted by Crippen LogP contribution is -2.34. The van der Waals surface area contributed by atoms with Crippen LogP contribution in [0.2, 0.25) is 0 Å². The fourth-order valence-corrected chi connectivity index (χ4v) is 4.91. The molecule has 1 aromatic heterocycles. The molecule has 0 saturated heterocycles. The van der Waals surface area contributed by atoms with Gasteiger partial charge in [0.2, 0.25) is 0 Å². The molecule has 0 atom stereocenters. The van der Waals surface area contributed by atoms with Gasteiger partial charge in [-0.05, 0) is 59.2 Å². The van der Waals surface area contributed by atoms with Gasteiger partial charge in [0.05, 0.1) is 17.1 Å². The smallest absolute Gasteiger partial charge is 0.265 e. The zero-order chi connectivity index (χ0) is 24.9. The van der Waals surface area contributed by atoms with Crippen LogP contribution in [0.1, 0.15) is 27.0 Å². The molecule has 5 nitrogen and oxygen atoms in total. The molecule has 2 heterocycles. The summed E-state index contributed by atoms with van der Waals surface area (Å²) in [5.41, 5.74) is 3.69. The Morgan fingerprint density at radius 3 is 2.53 bits per heavy atom. The van der Waals surface area contributed by atoms with E-state index in [4.69, 9.17) is 0 Å². The minimum atomic E-state index is -0.336. The molecule has 0 fully saturated rings. The number of hydrogen-bond acceptors (Lipinski definition) is 4. The van der Waals surface area contributed by atoms with Crippen molar-refractivity contribution in [3.63, 3.8) is 0 Å². The van der Waals surface area contributed by atoms with Crippen molar-refractivity contribution in [2.75, 3.05) is 4.90 Å². The van der Waals surface area contributed by atoms with Gasteiger partial charge >= 0.3 is 0 Å². The molecule has 2 amide bonds. The Bertz CT molecular complexity index is 1420. The van der Waals surface area contributed by atoms with Gasteiger partial charge in [0, 0.05) is 29.4 Å². The average molecular weight is 496 g/mol. The lowest BCUT2D eigenvalue weighted by atomic mass is 10.1. The molecule has 0 aliphatic carbocycles. The SMILES string of the molecule is O=C(NCc1cccnc1)c1ccc2c(c1)N(Cc1ccc(F)cc1)C(=O)/C(=C/c1ccccc1)S2. The standard InChI is InChI=1S/C29H22FN3O2S/c30-24-11-8-21(9-12-24)19-33-25-16-23(28(34)32-18-22-7-4-14-31-17-22)10-13-26(25)36-27(29(33)35)15-20-5-2-1-3-6-20/h1-17H,18-19H2,(H,32,34)/b27-15-. The van der Waals surface area contributed by atoms with Crippen molar-refractivity contribution < 1.29 is 14.0 Å². The van der Waals surface area contributed by atoms with Crippen molar-refractivity contribution in [3.05, 3.63) is 130 Å². The van der Waals surface area contributed by atoms with E-state index in [2.05, 4.69) is 10.3 Å². The van der Waals surface area contributed by atoms with Crippen LogP contribution in [-0.2, 0) is 17.9 Å². The average Bonchev–Trinajstić information content (AvgIpc) is 2.91. The highest BCUT2D eigenvalue weighted by molar-refractivity contribution is 8.04. The second kappa shape index (κ2) is 10.6. The first-order valence-corrected chi connectivity index (χ1v) is 12.2. The number of anilines is 1. The van der Waals surface area contributed by atoms with Crippen LogP contribution in [0.5, 0.6) is 0 Å². The molecule has 0 unspecified atom stereocenters. The summed E-state index contributed by atoms with van der Waals surface area (Å²) in [5, 5.41) is 2.90. The molecule has 36 heavy (non-hydrogen) atoms. The van der Waals surface area contributed by atoms with Gasteiger partial charge in [-0.25, -0.2) is 4.39 Å². The number of nitrogens with one attached hydrogen (secondary N) is 1. The first-order chi connectivity index (χ1) is 17.6. The number of amides is 2. The molecule has 1 aliphatic heterocycles. The van der Waals surface area contributed by atoms with Crippen molar-refractivity contribution in [2.24, 2.45) is 0 Å². The van der Waals surface area contributed by atoms with E-state index < -0.39 is 0 Å². The minimum Gasteiger partial charge on any atom is -0.348 e. The Balaban J connectivity index is 1.47. The second-order valence-corrected chi connectivity index (χ2v) is 9.35. The number of carbonyl (C=O) groups excluding carboxylic acids is 2. The Hall–Kier alpha value is -4.23. The molecular weight excluding hydrogens is 473 g/mol. The predicted octanol–water partition coefficient (Wildman–Crippen LogP) is 5.83. The van der Waals surface area contributed by atoms with Crippen LogP contribution in [0.3, 0.4) is 0 Å². The third-order valence-corrected chi connectivity index (χ3v) is 6.79. The van der Waals surface area contributed by atoms with Crippen LogP contribution in [0, 0.1) is 5.82 Å². The number of benzene rings is 3. The van der Waals surface area contributed by atoms with E-state index in [0.29, 0.717) is 22.7 Å². The van der Waals surface area contributed by atoms with E-state index >= 15 is 0 Å². The lowest BCUT2D eigenvalue weighted by Gasteiger charge is -2.31. The third kappa shape index (κ3) is 5.37. The predicted molar refractivity (Wildman–Crippen MR) is 140 cm³/mol. The van der Waals surface area contributed by atoms with Crippen LogP contribution >= 0.6 is 11.8 Å². The van der Waals surface area contributed by atoms with Crippen molar-refractivity contribution in [1.82, 2.24) is 10.3 Å². The molecule has 4 aromatic rings. The molecule has 5 rings (SSSR count). The van der Waals surface area contributed by atoms with Crippen molar-refractivity contribution >= 4 is 35.3 Å². The number of aromatic nitrogens is 1. The number of pyridine rings is 1. The summed E-state index contributed by atoms with van der Waals surface area (Å²) in [5.74, 6) is -0.753. The zero-order valence-electron chi connectivity index (χ0n) is 19.2. The number of fused-ring (bicyclic) bond motifs is 1. The van der Waals surface area contributed by atoms with E-state index in [1.165, 1.54) is 23.9 Å². The second-order valence-electron chi connectivity index (χ2n) is 8.27. The summed E-state index contributed by atoms with van der Waals surface area (Å²) in [7, 11) is 0. The molecule has 1 aliphatic rings. The summed E-state index contributed by atoms with van der Waals surface area (Å²) in [6.45, 7) is 0.597. The Morgan fingerprint density at radius 1 is 0.972 bits per heavy atom. The van der Waals surface area contributed by atoms with Gasteiger partial charge in [-0.1, -0.05) is 60.3 Å². The van der Waals surface area contributed by atoms with Gasteiger partial charge in [-0.3, -0.25) is 14.6 Å². The van der Waals surface area contributed by atoms with Crippen LogP contribution in [-0.4, -0.2) is 16.8 Å². The molecule has 0 bridgehead atoms. The lowest BCUT2D eigenvalue weighted by molar-refractivity contribution is -0.114. The summed E-state index contributed by atoms with van der Waals surface area (Å²) >= 11 is 1.38. The summed E-state index contributed by atoms with van der Waals surface area (Å²) < 4.78 is 13.5. The van der Waals surface area contributed by atoms with Crippen LogP contribution < -0.4 is 10.2 Å². The molecule has 0 spiro atoms. The number of thioether (sulfide) groups is 1. The maximum absolute atomic E-state index is 13.6. The quantitative estimate of drug-likeness (QED) is 0.342. The fraction of sp³-hybridized carbons (Fsp3) is 0.0690. The number of halogens is 1. The highest BCUT2D eigenvalue weighted by Crippen LogP contribution is 2.43. The highest BCUT2D eigenvalue weighted by Gasteiger charge is 2.30. The monoisotopic (exact) mass is 495 g/mol. The molecule has 1 N–H and O–H groups in total. The maximum Gasteiger partial charge on any atom is 0.265 e. The van der Waals surface area contributed by atoms with Gasteiger partial charge in [-0.2, -0.15) is 0 Å². The summed E-state index contributed by atoms with van der Waals surface area (Å²) in [6.07, 6.45) is 5.25. The summed E-state index contributed by atoms with van der Waals surface area (Å²) in [6, 6.07) is 24.8. The normalized spacial score (nSPS) is 14.0. The minimum absolute atomic E-state index is 0.173. The summed E-state index contributed by atoms with van der Waals surface area (Å²) in [4.78, 5) is 33.7. The Labute approximate surface area is 212 Å². The van der Waals surface area contributed by atoms with Crippen LogP contribution in [0.4, 0.5) is 10.1 Å². The number of hydrogen-bond donors (Lipinski definition) is 1. The number of rotatable bonds is 6. The first-order valence-electron chi connectivity index (χ1n) is 11.4. The third-order valence-electron chi connectivity index (χ3n) is 5.71. The number of nitrogens with zero attached hydrogens (tertiary/aromatic N) is 2. The molecular formula is C29H22FN3O2S. The van der Waals surface area contributed by atoms with Crippen molar-refractivity contribution in [2.45, 2.75) is 18.0 Å². The van der Waals surface area contributed by atoms with Gasteiger partial charge in [0.25, 0.3) is 11.8 Å². The fourth-order valence-electron chi connectivity index (χ4n) is 3.87. The Kier molecular flexibility index (Phi) is 6.91. The van der Waals surface area contributed by atoms with Gasteiger partial charge in [0.15, 0.2) is 0 Å². The largest absolute Gasteiger partial charge is 0.348 e. The maximum atomic E-state index is 13.6. The topological polar surface area (TPSA) is 62.3 Å². The van der Waals surface area contributed by atoms with Gasteiger partial charge in [-0.15, -0.1) is 0 Å². The molecule has 0 saturated carbocycles. The van der Waals surface area contributed by atoms with E-state index in [-0.39, 0.29) is 24.2 Å². The van der Waals surface area contributed by atoms with Crippen molar-refractivity contribution in [1.29, 1.82) is 0 Å². The van der Waals surface area contributed by atoms with E-state index in [9.17, 15) is 14.0 Å². The molecule has 178 valence electrons. The van der Waals surface area contributed by atoms with E-state index in [1.807, 2.05) is 54.6 Å². The zero-order valence-corrected chi connectivity index (χ0v) is 20.0. The van der Waals surface area contributed by atoms with Crippen molar-refractivity contribution in [3.8, 4) is 0 Å². The van der Waals surface area contributed by atoms with E-state index in [1.54, 1.807) is 41.6 Å². The van der Waals surface area contributed by atoms with Gasteiger partial charge in [0.1, 0.15) is 5.82 Å². The molecule has 3 aromatic carbocycles. The van der Waals surface area contributed by atoms with E-state index in [0.717, 1.165) is 21.6 Å².